The van der Waals surface area contributed by atoms with E-state index < -0.39 is 0 Å². The van der Waals surface area contributed by atoms with Gasteiger partial charge in [-0.2, -0.15) is 4.99 Å². The molecule has 0 spiro atoms. The standard InChI is InChI=1S/C22H22ClN3O4S/c1-14-12-26(22(31-14)25-20(27)15-4-2-5-16(23)10-15)13-18-7-8-19(30-18)21(28)24-11-17-6-3-9-29-17/h2,4-5,7-8,10,12,17H,3,6,9,11,13H2,1H3,(H,24,28). The Morgan fingerprint density at radius 1 is 1.32 bits per heavy atom. The van der Waals surface area contributed by atoms with Crippen LogP contribution in [0.2, 0.25) is 5.02 Å². The lowest BCUT2D eigenvalue weighted by atomic mass is 10.2. The molecule has 1 aromatic carbocycles. The van der Waals surface area contributed by atoms with Gasteiger partial charge in [0.2, 0.25) is 0 Å². The molecule has 2 aromatic heterocycles. The largest absolute Gasteiger partial charge is 0.454 e. The van der Waals surface area contributed by atoms with Crippen LogP contribution in [0.4, 0.5) is 0 Å². The van der Waals surface area contributed by atoms with E-state index in [0.717, 1.165) is 24.3 Å². The number of halogens is 1. The van der Waals surface area contributed by atoms with Gasteiger partial charge in [0, 0.05) is 34.8 Å². The molecule has 0 saturated carbocycles. The highest BCUT2D eigenvalue weighted by Crippen LogP contribution is 2.14. The van der Waals surface area contributed by atoms with Crippen LogP contribution in [-0.2, 0) is 11.3 Å². The average Bonchev–Trinajstić information content (AvgIpc) is 3.49. The molecule has 0 bridgehead atoms. The maximum Gasteiger partial charge on any atom is 0.287 e. The molecule has 1 saturated heterocycles. The Hall–Kier alpha value is -2.68. The zero-order valence-electron chi connectivity index (χ0n) is 17.0. The minimum atomic E-state index is -0.369. The molecule has 1 unspecified atom stereocenters. The maximum absolute atomic E-state index is 12.5. The summed E-state index contributed by atoms with van der Waals surface area (Å²) >= 11 is 7.38. The Morgan fingerprint density at radius 2 is 2.19 bits per heavy atom. The Kier molecular flexibility index (Phi) is 6.70. The predicted octanol–water partition coefficient (Wildman–Crippen LogP) is 3.80. The number of aryl methyl sites for hydroxylation is 1. The maximum atomic E-state index is 12.5. The van der Waals surface area contributed by atoms with Crippen LogP contribution >= 0.6 is 22.9 Å². The zero-order chi connectivity index (χ0) is 21.8. The van der Waals surface area contributed by atoms with E-state index in [-0.39, 0.29) is 23.7 Å². The number of aromatic nitrogens is 1. The van der Waals surface area contributed by atoms with Crippen molar-refractivity contribution in [2.24, 2.45) is 4.99 Å². The number of nitrogens with zero attached hydrogens (tertiary/aromatic N) is 2. The lowest BCUT2D eigenvalue weighted by Gasteiger charge is -2.09. The average molecular weight is 460 g/mol. The summed E-state index contributed by atoms with van der Waals surface area (Å²) in [5.74, 6) is 0.201. The molecule has 162 valence electrons. The minimum absolute atomic E-state index is 0.0731. The second kappa shape index (κ2) is 9.64. The van der Waals surface area contributed by atoms with Gasteiger partial charge in [-0.15, -0.1) is 11.3 Å². The van der Waals surface area contributed by atoms with Crippen LogP contribution in [-0.4, -0.2) is 35.6 Å². The molecule has 0 radical (unpaired) electrons. The number of carbonyl (C=O) groups is 2. The van der Waals surface area contributed by atoms with E-state index in [4.69, 9.17) is 20.8 Å². The third-order valence-corrected chi connectivity index (χ3v) is 6.00. The molecule has 2 amide bonds. The van der Waals surface area contributed by atoms with Crippen LogP contribution in [0.5, 0.6) is 0 Å². The van der Waals surface area contributed by atoms with Crippen molar-refractivity contribution in [3.05, 3.63) is 74.4 Å². The first-order valence-corrected chi connectivity index (χ1v) is 11.2. The van der Waals surface area contributed by atoms with E-state index in [9.17, 15) is 9.59 Å². The molecule has 1 N–H and O–H groups in total. The molecule has 1 fully saturated rings. The normalized spacial score (nSPS) is 16.6. The summed E-state index contributed by atoms with van der Waals surface area (Å²) in [7, 11) is 0. The molecule has 1 aliphatic rings. The van der Waals surface area contributed by atoms with Crippen molar-refractivity contribution < 1.29 is 18.7 Å². The fourth-order valence-electron chi connectivity index (χ4n) is 3.33. The third-order valence-electron chi connectivity index (χ3n) is 4.83. The zero-order valence-corrected chi connectivity index (χ0v) is 18.5. The second-order valence-electron chi connectivity index (χ2n) is 7.29. The second-order valence-corrected chi connectivity index (χ2v) is 8.94. The minimum Gasteiger partial charge on any atom is -0.454 e. The van der Waals surface area contributed by atoms with Crippen molar-refractivity contribution in [3.63, 3.8) is 0 Å². The van der Waals surface area contributed by atoms with Crippen molar-refractivity contribution in [2.75, 3.05) is 13.2 Å². The van der Waals surface area contributed by atoms with Crippen molar-refractivity contribution >= 4 is 34.8 Å². The van der Waals surface area contributed by atoms with Crippen molar-refractivity contribution in [1.82, 2.24) is 9.88 Å². The topological polar surface area (TPSA) is 85.8 Å². The van der Waals surface area contributed by atoms with E-state index in [1.807, 2.05) is 17.7 Å². The summed E-state index contributed by atoms with van der Waals surface area (Å²) in [4.78, 5) is 30.7. The fraction of sp³-hybridized carbons (Fsp3) is 0.318. The summed E-state index contributed by atoms with van der Waals surface area (Å²) < 4.78 is 13.1. The number of benzene rings is 1. The summed E-state index contributed by atoms with van der Waals surface area (Å²) in [6.07, 6.45) is 3.95. The number of hydrogen-bond acceptors (Lipinski definition) is 5. The number of rotatable bonds is 6. The van der Waals surface area contributed by atoms with Gasteiger partial charge in [-0.1, -0.05) is 17.7 Å². The highest BCUT2D eigenvalue weighted by Gasteiger charge is 2.18. The molecule has 31 heavy (non-hydrogen) atoms. The molecule has 0 aliphatic carbocycles. The monoisotopic (exact) mass is 459 g/mol. The quantitative estimate of drug-likeness (QED) is 0.607. The van der Waals surface area contributed by atoms with E-state index >= 15 is 0 Å². The van der Waals surface area contributed by atoms with Crippen molar-refractivity contribution in [3.8, 4) is 0 Å². The van der Waals surface area contributed by atoms with Gasteiger partial charge in [-0.3, -0.25) is 9.59 Å². The first-order valence-electron chi connectivity index (χ1n) is 9.98. The molecule has 3 aromatic rings. The van der Waals surface area contributed by atoms with E-state index in [1.54, 1.807) is 36.4 Å². The van der Waals surface area contributed by atoms with Crippen LogP contribution in [0.25, 0.3) is 0 Å². The van der Waals surface area contributed by atoms with Gasteiger partial charge < -0.3 is 19.0 Å². The van der Waals surface area contributed by atoms with Crippen LogP contribution in [0.3, 0.4) is 0 Å². The van der Waals surface area contributed by atoms with Crippen LogP contribution < -0.4 is 10.1 Å². The van der Waals surface area contributed by atoms with Gasteiger partial charge in [-0.05, 0) is 50.1 Å². The SMILES string of the molecule is Cc1cn(Cc2ccc(C(=O)NCC3CCCO3)o2)c(=NC(=O)c2cccc(Cl)c2)s1. The van der Waals surface area contributed by atoms with Crippen LogP contribution in [0.1, 0.15) is 44.4 Å². The van der Waals surface area contributed by atoms with E-state index in [1.165, 1.54) is 11.3 Å². The summed E-state index contributed by atoms with van der Waals surface area (Å²) in [6, 6.07) is 10.1. The van der Waals surface area contributed by atoms with Crippen LogP contribution in [0, 0.1) is 6.92 Å². The van der Waals surface area contributed by atoms with Crippen molar-refractivity contribution in [2.45, 2.75) is 32.4 Å². The molecule has 3 heterocycles. The predicted molar refractivity (Wildman–Crippen MR) is 118 cm³/mol. The molecular formula is C22H22ClN3O4S. The summed E-state index contributed by atoms with van der Waals surface area (Å²) in [6.45, 7) is 3.51. The number of carbonyl (C=O) groups excluding carboxylic acids is 2. The van der Waals surface area contributed by atoms with E-state index in [2.05, 4.69) is 10.3 Å². The number of hydrogen-bond donors (Lipinski definition) is 1. The Labute approximate surface area is 188 Å². The lowest BCUT2D eigenvalue weighted by molar-refractivity contribution is 0.0833. The van der Waals surface area contributed by atoms with Gasteiger partial charge >= 0.3 is 0 Å². The summed E-state index contributed by atoms with van der Waals surface area (Å²) in [5, 5.41) is 3.33. The molecule has 4 rings (SSSR count). The number of thiazole rings is 1. The number of ether oxygens (including phenoxy) is 1. The van der Waals surface area contributed by atoms with Gasteiger partial charge in [0.1, 0.15) is 5.76 Å². The smallest absolute Gasteiger partial charge is 0.287 e. The van der Waals surface area contributed by atoms with Gasteiger partial charge in [0.25, 0.3) is 11.8 Å². The number of nitrogens with one attached hydrogen (secondary N) is 1. The highest BCUT2D eigenvalue weighted by atomic mass is 35.5. The Balaban J connectivity index is 1.46. The van der Waals surface area contributed by atoms with Gasteiger partial charge in [0.05, 0.1) is 12.6 Å². The van der Waals surface area contributed by atoms with Crippen LogP contribution in [0.15, 0.2) is 52.0 Å². The van der Waals surface area contributed by atoms with Gasteiger partial charge in [0.15, 0.2) is 10.6 Å². The first kappa shape index (κ1) is 21.5. The summed E-state index contributed by atoms with van der Waals surface area (Å²) in [5.41, 5.74) is 0.424. The van der Waals surface area contributed by atoms with Crippen molar-refractivity contribution in [1.29, 1.82) is 0 Å². The molecule has 1 atom stereocenters. The molecule has 7 nitrogen and oxygen atoms in total. The third kappa shape index (κ3) is 5.52. The van der Waals surface area contributed by atoms with Gasteiger partial charge in [-0.25, -0.2) is 0 Å². The molecule has 9 heteroatoms. The van der Waals surface area contributed by atoms with E-state index in [0.29, 0.717) is 34.2 Å². The lowest BCUT2D eigenvalue weighted by Crippen LogP contribution is -2.31. The molecule has 1 aliphatic heterocycles. The first-order chi connectivity index (χ1) is 15.0. The Bertz CT molecular complexity index is 1160. The molecular weight excluding hydrogens is 438 g/mol. The fourth-order valence-corrected chi connectivity index (χ4v) is 4.35. The number of furan rings is 1. The Morgan fingerprint density at radius 3 is 2.97 bits per heavy atom. The highest BCUT2D eigenvalue weighted by molar-refractivity contribution is 7.09. The number of amides is 2.